The number of ether oxygens (including phenoxy) is 2. The molecule has 0 unspecified atom stereocenters. The number of aromatic nitrogens is 2. The van der Waals surface area contributed by atoms with Gasteiger partial charge in [-0.2, -0.15) is 5.10 Å². The third-order valence-corrected chi connectivity index (χ3v) is 5.24. The molecule has 0 atom stereocenters. The first-order chi connectivity index (χ1) is 16.5. The zero-order valence-electron chi connectivity index (χ0n) is 19.2. The van der Waals surface area contributed by atoms with Gasteiger partial charge in [-0.1, -0.05) is 42.0 Å². The highest BCUT2D eigenvalue weighted by Crippen LogP contribution is 2.30. The second-order valence-electron chi connectivity index (χ2n) is 7.62. The second-order valence-corrected chi connectivity index (χ2v) is 7.62. The predicted octanol–water partition coefficient (Wildman–Crippen LogP) is 5.29. The molecule has 0 saturated carbocycles. The molecule has 4 aromatic rings. The van der Waals surface area contributed by atoms with Crippen molar-refractivity contribution >= 4 is 17.6 Å². The molecule has 0 radical (unpaired) electrons. The molecular weight excluding hydrogens is 430 g/mol. The van der Waals surface area contributed by atoms with Crippen molar-refractivity contribution in [3.05, 3.63) is 95.7 Å². The van der Waals surface area contributed by atoms with Gasteiger partial charge in [-0.3, -0.25) is 4.79 Å². The molecule has 1 heterocycles. The van der Waals surface area contributed by atoms with E-state index in [1.54, 1.807) is 36.9 Å². The maximum atomic E-state index is 12.7. The summed E-state index contributed by atoms with van der Waals surface area (Å²) in [6, 6.07) is 23.8. The van der Waals surface area contributed by atoms with E-state index in [0.717, 1.165) is 11.1 Å². The highest BCUT2D eigenvalue weighted by Gasteiger charge is 2.20. The molecule has 0 bridgehead atoms. The van der Waals surface area contributed by atoms with E-state index in [0.29, 0.717) is 28.4 Å². The molecule has 1 N–H and O–H groups in total. The molecular formula is C27H25N3O4. The van der Waals surface area contributed by atoms with Crippen LogP contribution < -0.4 is 10.1 Å². The quantitative estimate of drug-likeness (QED) is 0.383. The van der Waals surface area contributed by atoms with Gasteiger partial charge in [0.1, 0.15) is 11.4 Å². The summed E-state index contributed by atoms with van der Waals surface area (Å²) in [6.45, 7) is 3.97. The fourth-order valence-electron chi connectivity index (χ4n) is 3.54. The van der Waals surface area contributed by atoms with Gasteiger partial charge >= 0.3 is 5.97 Å². The van der Waals surface area contributed by atoms with Crippen LogP contribution in [0, 0.1) is 6.92 Å². The van der Waals surface area contributed by atoms with Gasteiger partial charge in [0.05, 0.1) is 19.4 Å². The Kier molecular flexibility index (Phi) is 6.73. The van der Waals surface area contributed by atoms with E-state index < -0.39 is 5.97 Å². The van der Waals surface area contributed by atoms with Crippen LogP contribution in [0.1, 0.15) is 33.3 Å². The van der Waals surface area contributed by atoms with Gasteiger partial charge in [0.2, 0.25) is 0 Å². The van der Waals surface area contributed by atoms with Crippen LogP contribution in [0.25, 0.3) is 16.9 Å². The summed E-state index contributed by atoms with van der Waals surface area (Å²) in [6.07, 6.45) is 0. The Morgan fingerprint density at radius 1 is 0.971 bits per heavy atom. The van der Waals surface area contributed by atoms with E-state index in [1.165, 1.54) is 0 Å². The predicted molar refractivity (Wildman–Crippen MR) is 131 cm³/mol. The number of methoxy groups -OCH3 is 1. The van der Waals surface area contributed by atoms with Crippen LogP contribution in [0.15, 0.2) is 78.9 Å². The average molecular weight is 456 g/mol. The van der Waals surface area contributed by atoms with Crippen molar-refractivity contribution in [1.82, 2.24) is 9.78 Å². The van der Waals surface area contributed by atoms with Crippen molar-refractivity contribution < 1.29 is 19.1 Å². The fourth-order valence-corrected chi connectivity index (χ4v) is 3.54. The molecule has 0 saturated heterocycles. The van der Waals surface area contributed by atoms with E-state index in [9.17, 15) is 9.59 Å². The van der Waals surface area contributed by atoms with E-state index >= 15 is 0 Å². The normalized spacial score (nSPS) is 10.6. The van der Waals surface area contributed by atoms with E-state index in [-0.39, 0.29) is 18.2 Å². The number of carbonyl (C=O) groups excluding carboxylic acids is 2. The zero-order chi connectivity index (χ0) is 24.1. The third-order valence-electron chi connectivity index (χ3n) is 5.24. The number of anilines is 1. The molecule has 0 spiro atoms. The number of rotatable bonds is 7. The molecule has 4 rings (SSSR count). The standard InChI is InChI=1S/C27H25N3O4/c1-4-34-27(32)22-17-24(30(29-22)23-10-5-6-11-25(23)33-3)20-8-7-9-21(16-20)28-26(31)19-14-12-18(2)13-15-19/h5-17H,4H2,1-3H3,(H,28,31). The van der Waals surface area contributed by atoms with Crippen LogP contribution in [0.3, 0.4) is 0 Å². The molecule has 172 valence electrons. The van der Waals surface area contributed by atoms with Gasteiger partial charge < -0.3 is 14.8 Å². The average Bonchev–Trinajstić information content (AvgIpc) is 3.30. The van der Waals surface area contributed by atoms with Gasteiger partial charge in [0.25, 0.3) is 5.91 Å². The van der Waals surface area contributed by atoms with Crippen molar-refractivity contribution in [3.63, 3.8) is 0 Å². The Balaban J connectivity index is 1.74. The van der Waals surface area contributed by atoms with Crippen LogP contribution in [-0.4, -0.2) is 35.4 Å². The molecule has 34 heavy (non-hydrogen) atoms. The van der Waals surface area contributed by atoms with Gasteiger partial charge in [-0.15, -0.1) is 0 Å². The highest BCUT2D eigenvalue weighted by molar-refractivity contribution is 6.04. The van der Waals surface area contributed by atoms with Crippen molar-refractivity contribution in [2.24, 2.45) is 0 Å². The van der Waals surface area contributed by atoms with Crippen LogP contribution >= 0.6 is 0 Å². The van der Waals surface area contributed by atoms with Gasteiger partial charge in [0, 0.05) is 16.8 Å². The lowest BCUT2D eigenvalue weighted by Gasteiger charge is -2.12. The maximum absolute atomic E-state index is 12.7. The first-order valence-corrected chi connectivity index (χ1v) is 10.9. The minimum absolute atomic E-state index is 0.178. The smallest absolute Gasteiger partial charge is 0.358 e. The van der Waals surface area contributed by atoms with Crippen molar-refractivity contribution in [2.45, 2.75) is 13.8 Å². The largest absolute Gasteiger partial charge is 0.494 e. The molecule has 0 fully saturated rings. The Hall–Kier alpha value is -4.39. The summed E-state index contributed by atoms with van der Waals surface area (Å²) in [5.41, 5.74) is 4.53. The second kappa shape index (κ2) is 10.0. The van der Waals surface area contributed by atoms with Crippen LogP contribution in [0.5, 0.6) is 5.75 Å². The monoisotopic (exact) mass is 455 g/mol. The number of amides is 1. The first-order valence-electron chi connectivity index (χ1n) is 10.9. The summed E-state index contributed by atoms with van der Waals surface area (Å²) in [7, 11) is 1.58. The number of hydrogen-bond donors (Lipinski definition) is 1. The lowest BCUT2D eigenvalue weighted by Crippen LogP contribution is -2.11. The number of nitrogens with one attached hydrogen (secondary N) is 1. The maximum Gasteiger partial charge on any atom is 0.358 e. The van der Waals surface area contributed by atoms with Gasteiger partial charge in [-0.25, -0.2) is 9.48 Å². The van der Waals surface area contributed by atoms with E-state index in [2.05, 4.69) is 10.4 Å². The summed E-state index contributed by atoms with van der Waals surface area (Å²) in [5.74, 6) is -0.116. The lowest BCUT2D eigenvalue weighted by atomic mass is 10.1. The lowest BCUT2D eigenvalue weighted by molar-refractivity contribution is 0.0518. The minimum atomic E-state index is -0.513. The van der Waals surface area contributed by atoms with Gasteiger partial charge in [0.15, 0.2) is 5.69 Å². The molecule has 1 aromatic heterocycles. The number of hydrogen-bond acceptors (Lipinski definition) is 5. The van der Waals surface area contributed by atoms with E-state index in [4.69, 9.17) is 9.47 Å². The number of para-hydroxylation sites is 2. The number of aryl methyl sites for hydroxylation is 1. The Bertz CT molecular complexity index is 1330. The van der Waals surface area contributed by atoms with Crippen molar-refractivity contribution in [3.8, 4) is 22.7 Å². The van der Waals surface area contributed by atoms with E-state index in [1.807, 2.05) is 67.6 Å². The van der Waals surface area contributed by atoms with Crippen molar-refractivity contribution in [1.29, 1.82) is 0 Å². The molecule has 0 aliphatic rings. The molecule has 0 aliphatic heterocycles. The molecule has 3 aromatic carbocycles. The topological polar surface area (TPSA) is 82.5 Å². The Morgan fingerprint density at radius 2 is 1.74 bits per heavy atom. The summed E-state index contributed by atoms with van der Waals surface area (Å²) in [4.78, 5) is 25.1. The molecule has 0 aliphatic carbocycles. The summed E-state index contributed by atoms with van der Waals surface area (Å²) < 4.78 is 12.3. The number of carbonyl (C=O) groups is 2. The fraction of sp³-hybridized carbons (Fsp3) is 0.148. The van der Waals surface area contributed by atoms with Crippen LogP contribution in [-0.2, 0) is 4.74 Å². The summed E-state index contributed by atoms with van der Waals surface area (Å²) >= 11 is 0. The van der Waals surface area contributed by atoms with Crippen molar-refractivity contribution in [2.75, 3.05) is 19.0 Å². The summed E-state index contributed by atoms with van der Waals surface area (Å²) in [5, 5.41) is 7.44. The van der Waals surface area contributed by atoms with Crippen LogP contribution in [0.2, 0.25) is 0 Å². The molecule has 7 heteroatoms. The third kappa shape index (κ3) is 4.83. The number of benzene rings is 3. The van der Waals surface area contributed by atoms with Crippen LogP contribution in [0.4, 0.5) is 5.69 Å². The number of esters is 1. The Labute approximate surface area is 197 Å². The van der Waals surface area contributed by atoms with Gasteiger partial charge in [-0.05, 0) is 56.3 Å². The number of nitrogens with zero attached hydrogens (tertiary/aromatic N) is 2. The first kappa shape index (κ1) is 22.8. The zero-order valence-corrected chi connectivity index (χ0v) is 19.2. The highest BCUT2D eigenvalue weighted by atomic mass is 16.5. The minimum Gasteiger partial charge on any atom is -0.494 e. The molecule has 1 amide bonds. The molecule has 7 nitrogen and oxygen atoms in total. The Morgan fingerprint density at radius 3 is 2.47 bits per heavy atom. The SMILES string of the molecule is CCOC(=O)c1cc(-c2cccc(NC(=O)c3ccc(C)cc3)c2)n(-c2ccccc2OC)n1.